The zero-order chi connectivity index (χ0) is 16.2. The highest BCUT2D eigenvalue weighted by atomic mass is 33.5. The molecular weight excluding hydrogens is 406 g/mol. The molecule has 4 nitrogen and oxygen atoms in total. The first kappa shape index (κ1) is 23.2. The van der Waals surface area contributed by atoms with E-state index in [4.69, 9.17) is 41.7 Å². The van der Waals surface area contributed by atoms with Crippen molar-refractivity contribution in [3.8, 4) is 0 Å². The Kier molecular flexibility index (Phi) is 14.9. The van der Waals surface area contributed by atoms with Gasteiger partial charge in [-0.15, -0.1) is 0 Å². The lowest BCUT2D eigenvalue weighted by Crippen LogP contribution is -1.95. The normalized spacial score (nSPS) is 12.8. The molecule has 0 heterocycles. The number of hydrogen-bond acceptors (Lipinski definition) is 9. The molecule has 0 aromatic rings. The lowest BCUT2D eigenvalue weighted by molar-refractivity contribution is 0.336. The maximum absolute atomic E-state index is 5.31. The fourth-order valence-corrected chi connectivity index (χ4v) is 8.46. The summed E-state index contributed by atoms with van der Waals surface area (Å²) in [5, 5.41) is 0. The van der Waals surface area contributed by atoms with Crippen LogP contribution in [0.25, 0.3) is 0 Å². The summed E-state index contributed by atoms with van der Waals surface area (Å²) in [6, 6.07) is 0. The first-order chi connectivity index (χ1) is 9.95. The average molecular weight is 431 g/mol. The first-order valence-electron chi connectivity index (χ1n) is 6.27. The van der Waals surface area contributed by atoms with E-state index in [9.17, 15) is 0 Å². The van der Waals surface area contributed by atoms with Gasteiger partial charge in [0.25, 0.3) is 0 Å². The summed E-state index contributed by atoms with van der Waals surface area (Å²) in [4.78, 5) is 0. The molecule has 0 aliphatic rings. The van der Waals surface area contributed by atoms with Gasteiger partial charge in [-0.1, -0.05) is 21.6 Å². The van der Waals surface area contributed by atoms with Crippen LogP contribution in [0.3, 0.4) is 0 Å². The molecule has 21 heavy (non-hydrogen) atoms. The highest BCUT2D eigenvalue weighted by Crippen LogP contribution is 2.49. The fourth-order valence-electron chi connectivity index (χ4n) is 1.25. The molecule has 0 atom stereocenters. The summed E-state index contributed by atoms with van der Waals surface area (Å²) in [6.07, 6.45) is 3.70. The monoisotopic (exact) mass is 430 g/mol. The maximum Gasteiger partial charge on any atom is 0.188 e. The van der Waals surface area contributed by atoms with Crippen molar-refractivity contribution >= 4 is 68.0 Å². The van der Waals surface area contributed by atoms with Gasteiger partial charge in [0, 0.05) is 52.3 Å². The molecule has 0 amide bonds. The minimum atomic E-state index is -2.00. The molecule has 0 bridgehead atoms. The molecule has 0 fully saturated rings. The predicted molar refractivity (Wildman–Crippen MR) is 108 cm³/mol. The van der Waals surface area contributed by atoms with E-state index >= 15 is 0 Å². The van der Waals surface area contributed by atoms with Crippen molar-refractivity contribution in [1.29, 1.82) is 0 Å². The lowest BCUT2D eigenvalue weighted by Gasteiger charge is -2.17. The molecule has 0 aliphatic heterocycles. The minimum Gasteiger partial charge on any atom is -0.333 e. The summed E-state index contributed by atoms with van der Waals surface area (Å²) in [7, 11) is 12.0. The third-order valence-corrected chi connectivity index (χ3v) is 13.8. The van der Waals surface area contributed by atoms with Gasteiger partial charge in [-0.3, -0.25) is 0 Å². The van der Waals surface area contributed by atoms with Crippen LogP contribution in [0, 0.1) is 0 Å². The van der Waals surface area contributed by atoms with E-state index in [0.717, 1.165) is 36.7 Å². The van der Waals surface area contributed by atoms with Gasteiger partial charge in [0.05, 0.1) is 0 Å². The van der Waals surface area contributed by atoms with Crippen molar-refractivity contribution in [2.45, 2.75) is 12.8 Å². The van der Waals surface area contributed by atoms with Crippen molar-refractivity contribution in [3.63, 3.8) is 0 Å². The summed E-state index contributed by atoms with van der Waals surface area (Å²) < 4.78 is 21.0. The highest BCUT2D eigenvalue weighted by Gasteiger charge is 2.15. The Morgan fingerprint density at radius 3 is 1.33 bits per heavy atom. The van der Waals surface area contributed by atoms with Crippen LogP contribution in [0.4, 0.5) is 0 Å². The smallest absolute Gasteiger partial charge is 0.188 e. The molecule has 0 aromatic carbocycles. The quantitative estimate of drug-likeness (QED) is 0.215. The zero-order valence-electron chi connectivity index (χ0n) is 12.8. The molecule has 0 aliphatic carbocycles. The van der Waals surface area contributed by atoms with Crippen LogP contribution in [0.15, 0.2) is 0 Å². The Balaban J connectivity index is 3.50. The molecule has 0 rings (SSSR count). The van der Waals surface area contributed by atoms with Crippen LogP contribution in [0.2, 0.25) is 0 Å². The van der Waals surface area contributed by atoms with Crippen LogP contribution < -0.4 is 0 Å². The minimum absolute atomic E-state index is 0.832. The molecule has 0 spiro atoms. The van der Waals surface area contributed by atoms with Gasteiger partial charge in [-0.25, -0.2) is 0 Å². The van der Waals surface area contributed by atoms with Gasteiger partial charge in [0.2, 0.25) is 0 Å². The van der Waals surface area contributed by atoms with Gasteiger partial charge in [-0.05, 0) is 46.3 Å². The summed E-state index contributed by atoms with van der Waals surface area (Å²) in [6.45, 7) is -4.01. The van der Waals surface area contributed by atoms with E-state index in [1.54, 1.807) is 28.4 Å². The standard InChI is InChI=1S/C10H24O4P2S5/c1-11-15(17,12-2)7-5-9-19-21-20-10-6-8-16(18,13-3)14-4/h5-10H2,1-4H3. The Morgan fingerprint density at radius 1 is 0.714 bits per heavy atom. The van der Waals surface area contributed by atoms with Gasteiger partial charge < -0.3 is 18.1 Å². The summed E-state index contributed by atoms with van der Waals surface area (Å²) in [5.41, 5.74) is 0. The summed E-state index contributed by atoms with van der Waals surface area (Å²) >= 11 is 10.6. The Labute approximate surface area is 150 Å². The van der Waals surface area contributed by atoms with E-state index in [0.29, 0.717) is 0 Å². The molecule has 0 radical (unpaired) electrons. The highest BCUT2D eigenvalue weighted by molar-refractivity contribution is 9.09. The zero-order valence-corrected chi connectivity index (χ0v) is 18.7. The van der Waals surface area contributed by atoms with Crippen molar-refractivity contribution in [1.82, 2.24) is 0 Å². The van der Waals surface area contributed by atoms with Crippen molar-refractivity contribution in [2.24, 2.45) is 0 Å². The molecule has 128 valence electrons. The second-order valence-electron chi connectivity index (χ2n) is 3.82. The Morgan fingerprint density at radius 2 is 1.05 bits per heavy atom. The van der Waals surface area contributed by atoms with Crippen LogP contribution in [0.1, 0.15) is 12.8 Å². The maximum atomic E-state index is 5.31. The van der Waals surface area contributed by atoms with Gasteiger partial charge in [-0.2, -0.15) is 0 Å². The third kappa shape index (κ3) is 11.4. The third-order valence-electron chi connectivity index (χ3n) is 2.53. The fraction of sp³-hybridized carbons (Fsp3) is 1.00. The topological polar surface area (TPSA) is 36.9 Å². The molecule has 0 aromatic heterocycles. The van der Waals surface area contributed by atoms with Crippen molar-refractivity contribution < 1.29 is 18.1 Å². The molecule has 0 N–H and O–H groups in total. The van der Waals surface area contributed by atoms with Gasteiger partial charge >= 0.3 is 0 Å². The lowest BCUT2D eigenvalue weighted by atomic mass is 10.6. The SMILES string of the molecule is COP(=S)(CCCSSSCCCP(=S)(OC)OC)OC. The van der Waals surface area contributed by atoms with Crippen LogP contribution in [0.5, 0.6) is 0 Å². The van der Waals surface area contributed by atoms with E-state index in [2.05, 4.69) is 0 Å². The van der Waals surface area contributed by atoms with E-state index in [1.165, 1.54) is 0 Å². The molecule has 0 saturated heterocycles. The largest absolute Gasteiger partial charge is 0.333 e. The molecular formula is C10H24O4P2S5. The second kappa shape index (κ2) is 13.5. The Bertz CT molecular complexity index is 310. The molecule has 0 unspecified atom stereocenters. The van der Waals surface area contributed by atoms with E-state index in [-0.39, 0.29) is 0 Å². The van der Waals surface area contributed by atoms with Crippen LogP contribution in [-0.2, 0) is 41.7 Å². The summed E-state index contributed by atoms with van der Waals surface area (Å²) in [5.74, 6) is 2.10. The van der Waals surface area contributed by atoms with Crippen LogP contribution >= 0.6 is 44.4 Å². The van der Waals surface area contributed by atoms with Crippen LogP contribution in [-0.4, -0.2) is 52.3 Å². The average Bonchev–Trinajstić information content (AvgIpc) is 2.52. The number of hydrogen-bond donors (Lipinski definition) is 0. The van der Waals surface area contributed by atoms with E-state index in [1.807, 2.05) is 31.4 Å². The van der Waals surface area contributed by atoms with Gasteiger partial charge in [0.15, 0.2) is 13.0 Å². The molecule has 11 heteroatoms. The van der Waals surface area contributed by atoms with Gasteiger partial charge in [0.1, 0.15) is 0 Å². The number of rotatable bonds is 14. The molecule has 0 saturated carbocycles. The van der Waals surface area contributed by atoms with E-state index < -0.39 is 13.0 Å². The Hall–Kier alpha value is 2.19. The predicted octanol–water partition coefficient (Wildman–Crippen LogP) is 5.00. The first-order valence-corrected chi connectivity index (χ1v) is 15.7. The van der Waals surface area contributed by atoms with Crippen molar-refractivity contribution in [3.05, 3.63) is 0 Å². The van der Waals surface area contributed by atoms with Crippen molar-refractivity contribution in [2.75, 3.05) is 52.3 Å². The second-order valence-corrected chi connectivity index (χ2v) is 16.4.